The summed E-state index contributed by atoms with van der Waals surface area (Å²) in [6, 6.07) is 4.75. The van der Waals surface area contributed by atoms with Crippen LogP contribution in [0.4, 0.5) is 0 Å². The van der Waals surface area contributed by atoms with E-state index in [9.17, 15) is 8.42 Å². The van der Waals surface area contributed by atoms with Crippen molar-refractivity contribution in [1.29, 1.82) is 0 Å². The lowest BCUT2D eigenvalue weighted by Gasteiger charge is -2.18. The number of alkyl halides is 1. The van der Waals surface area contributed by atoms with Crippen molar-refractivity contribution in [2.24, 2.45) is 0 Å². The van der Waals surface area contributed by atoms with Crippen LogP contribution in [0.2, 0.25) is 5.02 Å². The summed E-state index contributed by atoms with van der Waals surface area (Å²) in [6.07, 6.45) is 0. The molecule has 1 aromatic rings. The third kappa shape index (κ3) is 4.33. The first kappa shape index (κ1) is 16.7. The molecule has 0 aliphatic heterocycles. The molecule has 108 valence electrons. The molecule has 0 aliphatic rings. The average molecular weight is 326 g/mol. The number of benzene rings is 1. The van der Waals surface area contributed by atoms with E-state index in [1.54, 1.807) is 12.1 Å². The van der Waals surface area contributed by atoms with Crippen LogP contribution in [0.3, 0.4) is 0 Å². The third-order valence-electron chi connectivity index (χ3n) is 2.59. The maximum Gasteiger partial charge on any atom is 0.244 e. The highest BCUT2D eigenvalue weighted by molar-refractivity contribution is 7.89. The summed E-state index contributed by atoms with van der Waals surface area (Å²) >= 11 is 11.7. The number of hydrogen-bond donors (Lipinski definition) is 0. The normalized spacial score (nSPS) is 12.1. The molecular formula is C12H17Cl2NO3S. The minimum atomic E-state index is -3.62. The summed E-state index contributed by atoms with van der Waals surface area (Å²) in [4.78, 5) is 0.0753. The minimum absolute atomic E-state index is 0.0753. The van der Waals surface area contributed by atoms with Crippen molar-refractivity contribution in [3.63, 3.8) is 0 Å². The lowest BCUT2D eigenvalue weighted by Crippen LogP contribution is -2.30. The van der Waals surface area contributed by atoms with Crippen molar-refractivity contribution >= 4 is 33.2 Å². The summed E-state index contributed by atoms with van der Waals surface area (Å²) in [6.45, 7) is 3.03. The minimum Gasteiger partial charge on any atom is -0.380 e. The van der Waals surface area contributed by atoms with Crippen LogP contribution in [0.5, 0.6) is 0 Å². The van der Waals surface area contributed by atoms with E-state index >= 15 is 0 Å². The van der Waals surface area contributed by atoms with E-state index in [0.29, 0.717) is 18.8 Å². The molecule has 0 unspecified atom stereocenters. The van der Waals surface area contributed by atoms with Crippen LogP contribution in [-0.4, -0.2) is 39.5 Å². The van der Waals surface area contributed by atoms with Crippen LogP contribution < -0.4 is 0 Å². The molecule has 0 fully saturated rings. The summed E-state index contributed by atoms with van der Waals surface area (Å²) in [5, 5.41) is 0.192. The van der Waals surface area contributed by atoms with Crippen molar-refractivity contribution < 1.29 is 13.2 Å². The van der Waals surface area contributed by atoms with E-state index < -0.39 is 10.0 Å². The fraction of sp³-hybridized carbons (Fsp3) is 0.500. The van der Waals surface area contributed by atoms with Crippen molar-refractivity contribution in [2.75, 3.05) is 26.8 Å². The number of ether oxygens (including phenoxy) is 1. The second-order valence-corrected chi connectivity index (χ2v) is 6.61. The van der Waals surface area contributed by atoms with Gasteiger partial charge in [0.15, 0.2) is 0 Å². The highest BCUT2D eigenvalue weighted by Crippen LogP contribution is 2.25. The monoisotopic (exact) mass is 325 g/mol. The van der Waals surface area contributed by atoms with Gasteiger partial charge in [0.25, 0.3) is 0 Å². The van der Waals surface area contributed by atoms with Crippen molar-refractivity contribution in [3.8, 4) is 0 Å². The van der Waals surface area contributed by atoms with Gasteiger partial charge in [-0.3, -0.25) is 0 Å². The Morgan fingerprint density at radius 2 is 2.05 bits per heavy atom. The Bertz CT molecular complexity index is 520. The fourth-order valence-corrected chi connectivity index (χ4v) is 3.30. The molecule has 0 amide bonds. The first-order valence-electron chi connectivity index (χ1n) is 5.82. The van der Waals surface area contributed by atoms with Crippen LogP contribution in [0.15, 0.2) is 23.1 Å². The smallest absolute Gasteiger partial charge is 0.244 e. The summed E-state index contributed by atoms with van der Waals surface area (Å²) in [5.41, 5.74) is 0.711. The SMILES string of the molecule is CCOCCN(C)S(=O)(=O)c1cc(CCl)ccc1Cl. The van der Waals surface area contributed by atoms with Crippen LogP contribution >= 0.6 is 23.2 Å². The van der Waals surface area contributed by atoms with Crippen LogP contribution in [0, 0.1) is 0 Å². The maximum atomic E-state index is 12.4. The highest BCUT2D eigenvalue weighted by Gasteiger charge is 2.23. The molecule has 0 radical (unpaired) electrons. The zero-order valence-corrected chi connectivity index (χ0v) is 13.2. The molecule has 4 nitrogen and oxygen atoms in total. The largest absolute Gasteiger partial charge is 0.380 e. The summed E-state index contributed by atoms with van der Waals surface area (Å²) in [7, 11) is -2.12. The summed E-state index contributed by atoms with van der Waals surface area (Å²) < 4.78 is 31.1. The fourth-order valence-electron chi connectivity index (χ4n) is 1.45. The number of halogens is 2. The van der Waals surface area contributed by atoms with Gasteiger partial charge in [-0.2, -0.15) is 4.31 Å². The number of hydrogen-bond acceptors (Lipinski definition) is 3. The van der Waals surface area contributed by atoms with Crippen LogP contribution in [0.25, 0.3) is 0 Å². The lowest BCUT2D eigenvalue weighted by molar-refractivity contribution is 0.138. The molecule has 0 atom stereocenters. The maximum absolute atomic E-state index is 12.4. The predicted octanol–water partition coefficient (Wildman–Crippen LogP) is 2.74. The second kappa shape index (κ2) is 7.45. The first-order chi connectivity index (χ1) is 8.93. The third-order valence-corrected chi connectivity index (χ3v) is 5.24. The van der Waals surface area contributed by atoms with Gasteiger partial charge >= 0.3 is 0 Å². The molecule has 0 saturated carbocycles. The molecule has 0 aliphatic carbocycles. The molecule has 7 heteroatoms. The quantitative estimate of drug-likeness (QED) is 0.572. The summed E-state index contributed by atoms with van der Waals surface area (Å²) in [5.74, 6) is 0.238. The van der Waals surface area contributed by atoms with E-state index in [1.807, 2.05) is 6.92 Å². The van der Waals surface area contributed by atoms with E-state index in [0.717, 1.165) is 0 Å². The zero-order valence-electron chi connectivity index (χ0n) is 10.9. The molecule has 0 spiro atoms. The van der Waals surface area contributed by atoms with Gasteiger partial charge in [0.1, 0.15) is 4.90 Å². The Morgan fingerprint density at radius 3 is 2.63 bits per heavy atom. The Labute approximate surface area is 124 Å². The van der Waals surface area contributed by atoms with Crippen LogP contribution in [-0.2, 0) is 20.6 Å². The number of likely N-dealkylation sites (N-methyl/N-ethyl adjacent to an activating group) is 1. The van der Waals surface area contributed by atoms with Gasteiger partial charge < -0.3 is 4.74 Å². The molecule has 0 aromatic heterocycles. The van der Waals surface area contributed by atoms with Gasteiger partial charge in [0.2, 0.25) is 10.0 Å². The Hall–Kier alpha value is -0.330. The topological polar surface area (TPSA) is 46.6 Å². The Kier molecular flexibility index (Phi) is 6.56. The van der Waals surface area contributed by atoms with Crippen molar-refractivity contribution in [1.82, 2.24) is 4.31 Å². The molecular weight excluding hydrogens is 309 g/mol. The number of sulfonamides is 1. The van der Waals surface area contributed by atoms with Gasteiger partial charge in [-0.05, 0) is 24.6 Å². The van der Waals surface area contributed by atoms with E-state index in [1.165, 1.54) is 17.4 Å². The van der Waals surface area contributed by atoms with E-state index in [2.05, 4.69) is 0 Å². The van der Waals surface area contributed by atoms with Crippen molar-refractivity contribution in [3.05, 3.63) is 28.8 Å². The average Bonchev–Trinajstić information content (AvgIpc) is 2.39. The highest BCUT2D eigenvalue weighted by atomic mass is 35.5. The van der Waals surface area contributed by atoms with E-state index in [-0.39, 0.29) is 22.3 Å². The molecule has 0 bridgehead atoms. The van der Waals surface area contributed by atoms with Crippen LogP contribution in [0.1, 0.15) is 12.5 Å². The van der Waals surface area contributed by atoms with Crippen molar-refractivity contribution in [2.45, 2.75) is 17.7 Å². The first-order valence-corrected chi connectivity index (χ1v) is 8.17. The van der Waals surface area contributed by atoms with E-state index in [4.69, 9.17) is 27.9 Å². The second-order valence-electron chi connectivity index (χ2n) is 3.92. The number of rotatable bonds is 7. The molecule has 0 heterocycles. The van der Waals surface area contributed by atoms with Gasteiger partial charge in [-0.25, -0.2) is 8.42 Å². The molecule has 1 rings (SSSR count). The lowest BCUT2D eigenvalue weighted by atomic mass is 10.2. The van der Waals surface area contributed by atoms with Gasteiger partial charge in [0, 0.05) is 26.1 Å². The molecule has 0 saturated heterocycles. The predicted molar refractivity (Wildman–Crippen MR) is 77.3 cm³/mol. The zero-order chi connectivity index (χ0) is 14.5. The van der Waals surface area contributed by atoms with Gasteiger partial charge in [-0.1, -0.05) is 17.7 Å². The van der Waals surface area contributed by atoms with Gasteiger partial charge in [0.05, 0.1) is 11.6 Å². The molecule has 19 heavy (non-hydrogen) atoms. The number of nitrogens with zero attached hydrogens (tertiary/aromatic N) is 1. The molecule has 0 N–H and O–H groups in total. The Morgan fingerprint density at radius 1 is 1.37 bits per heavy atom. The molecule has 1 aromatic carbocycles. The standard InChI is InChI=1S/C12H17Cl2NO3S/c1-3-18-7-6-15(2)19(16,17)12-8-10(9-13)4-5-11(12)14/h4-5,8H,3,6-7,9H2,1-2H3. The van der Waals surface area contributed by atoms with Gasteiger partial charge in [-0.15, -0.1) is 11.6 Å². The Balaban J connectivity index is 2.99.